The van der Waals surface area contributed by atoms with Gasteiger partial charge in [-0.15, -0.1) is 0 Å². The number of aromatic nitrogens is 2. The van der Waals surface area contributed by atoms with Crippen molar-refractivity contribution in [2.45, 2.75) is 31.6 Å². The number of halogens is 4. The van der Waals surface area contributed by atoms with Crippen molar-refractivity contribution >= 4 is 17.4 Å². The van der Waals surface area contributed by atoms with Crippen molar-refractivity contribution in [1.82, 2.24) is 14.7 Å². The Morgan fingerprint density at radius 2 is 1.66 bits per heavy atom. The van der Waals surface area contributed by atoms with Crippen LogP contribution in [-0.2, 0) is 0 Å². The van der Waals surface area contributed by atoms with E-state index in [2.05, 4.69) is 10.4 Å². The monoisotopic (exact) mass is 487 g/mol. The second-order valence-electron chi connectivity index (χ2n) is 9.01. The molecular weight excluding hydrogens is 462 g/mol. The summed E-state index contributed by atoms with van der Waals surface area (Å²) < 4.78 is 56.0. The molecule has 1 N–H and O–H groups in total. The van der Waals surface area contributed by atoms with Gasteiger partial charge in [0.1, 0.15) is 17.2 Å². The number of carbonyl (C=O) groups excluding carboxylic acids is 1. The normalized spacial score (nSPS) is 20.4. The molecule has 2 aromatic carbocycles. The Hall–Kier alpha value is -3.56. The highest BCUT2D eigenvalue weighted by atomic mass is 19.4. The number of fused-ring (bicyclic) bond motifs is 1. The Bertz CT molecular complexity index is 1200. The van der Waals surface area contributed by atoms with Crippen LogP contribution in [0.25, 0.3) is 0 Å². The van der Waals surface area contributed by atoms with Crippen molar-refractivity contribution in [1.29, 1.82) is 0 Å². The quantitative estimate of drug-likeness (QED) is 0.531. The van der Waals surface area contributed by atoms with E-state index in [9.17, 15) is 22.4 Å². The van der Waals surface area contributed by atoms with E-state index in [4.69, 9.17) is 0 Å². The number of piperazine rings is 1. The summed E-state index contributed by atoms with van der Waals surface area (Å²) in [5.74, 6) is -0.583. The fraction of sp³-hybridized carbons (Fsp3) is 0.360. The second-order valence-corrected chi connectivity index (χ2v) is 9.01. The Morgan fingerprint density at radius 3 is 2.29 bits per heavy atom. The van der Waals surface area contributed by atoms with Crippen LogP contribution < -0.4 is 10.2 Å². The number of rotatable bonds is 3. The number of alkyl halides is 3. The van der Waals surface area contributed by atoms with Crippen LogP contribution in [-0.4, -0.2) is 52.9 Å². The lowest BCUT2D eigenvalue weighted by Crippen LogP contribution is -2.49. The van der Waals surface area contributed by atoms with Gasteiger partial charge in [0.05, 0.1) is 12.2 Å². The van der Waals surface area contributed by atoms with Crippen molar-refractivity contribution in [3.8, 4) is 0 Å². The number of nitrogens with one attached hydrogen (secondary N) is 1. The maximum Gasteiger partial charge on any atom is 0.410 e. The molecule has 0 bridgehead atoms. The van der Waals surface area contributed by atoms with Crippen LogP contribution in [0.15, 0.2) is 54.7 Å². The van der Waals surface area contributed by atoms with Crippen molar-refractivity contribution in [3.63, 3.8) is 0 Å². The van der Waals surface area contributed by atoms with Crippen LogP contribution in [0.3, 0.4) is 0 Å². The largest absolute Gasteiger partial charge is 0.410 e. The van der Waals surface area contributed by atoms with Gasteiger partial charge in [0.2, 0.25) is 0 Å². The summed E-state index contributed by atoms with van der Waals surface area (Å²) in [4.78, 5) is 17.0. The summed E-state index contributed by atoms with van der Waals surface area (Å²) in [6.07, 6.45) is -3.49. The Labute approximate surface area is 200 Å². The summed E-state index contributed by atoms with van der Waals surface area (Å²) in [5.41, 5.74) is 2.73. The number of anilines is 2. The SMILES string of the molecule is Cc1ccc([C@@H]2C[C@H](C(F)(F)F)n3ncc(C(=O)N4CCN(c5ccc(F)cc5)CC4)c3N2)cc1. The van der Waals surface area contributed by atoms with Crippen LogP contribution in [0.5, 0.6) is 0 Å². The van der Waals surface area contributed by atoms with E-state index in [-0.39, 0.29) is 29.5 Å². The molecule has 1 amide bonds. The van der Waals surface area contributed by atoms with E-state index in [0.717, 1.165) is 21.5 Å². The minimum Gasteiger partial charge on any atom is -0.368 e. The fourth-order valence-corrected chi connectivity index (χ4v) is 4.73. The van der Waals surface area contributed by atoms with Gasteiger partial charge in [-0.2, -0.15) is 18.3 Å². The topological polar surface area (TPSA) is 53.4 Å². The molecule has 184 valence electrons. The molecule has 3 heterocycles. The van der Waals surface area contributed by atoms with Crippen molar-refractivity contribution < 1.29 is 22.4 Å². The minimum atomic E-state index is -4.51. The van der Waals surface area contributed by atoms with Gasteiger partial charge in [0.15, 0.2) is 6.04 Å². The fourth-order valence-electron chi connectivity index (χ4n) is 4.73. The Kier molecular flexibility index (Phi) is 5.90. The third kappa shape index (κ3) is 4.56. The lowest BCUT2D eigenvalue weighted by atomic mass is 9.96. The molecule has 5 rings (SSSR count). The third-order valence-electron chi connectivity index (χ3n) is 6.71. The first-order valence-corrected chi connectivity index (χ1v) is 11.5. The van der Waals surface area contributed by atoms with Crippen molar-refractivity contribution in [2.24, 2.45) is 0 Å². The van der Waals surface area contributed by atoms with Crippen molar-refractivity contribution in [2.75, 3.05) is 36.4 Å². The number of carbonyl (C=O) groups is 1. The number of hydrogen-bond acceptors (Lipinski definition) is 4. The first-order valence-electron chi connectivity index (χ1n) is 11.5. The Morgan fingerprint density at radius 1 is 1.00 bits per heavy atom. The summed E-state index contributed by atoms with van der Waals surface area (Å²) >= 11 is 0. The molecule has 1 saturated heterocycles. The summed E-state index contributed by atoms with van der Waals surface area (Å²) in [7, 11) is 0. The average molecular weight is 488 g/mol. The van der Waals surface area contributed by atoms with Gasteiger partial charge in [0.25, 0.3) is 5.91 Å². The molecule has 0 aliphatic carbocycles. The van der Waals surface area contributed by atoms with Crippen LogP contribution in [0.2, 0.25) is 0 Å². The van der Waals surface area contributed by atoms with Gasteiger partial charge in [-0.25, -0.2) is 9.07 Å². The van der Waals surface area contributed by atoms with Crippen LogP contribution in [0, 0.1) is 12.7 Å². The lowest BCUT2D eigenvalue weighted by Gasteiger charge is -2.37. The number of amides is 1. The van der Waals surface area contributed by atoms with Gasteiger partial charge >= 0.3 is 6.18 Å². The standard InChI is InChI=1S/C25H25F4N5O/c1-16-2-4-17(5-3-16)21-14-22(25(27,28)29)34-23(31-21)20(15-30-34)24(35)33-12-10-32(11-13-33)19-8-6-18(26)7-9-19/h2-9,15,21-22,31H,10-14H2,1H3/t21-,22+/m0/s1. The lowest BCUT2D eigenvalue weighted by molar-refractivity contribution is -0.173. The highest BCUT2D eigenvalue weighted by Crippen LogP contribution is 2.44. The predicted molar refractivity (Wildman–Crippen MR) is 124 cm³/mol. The van der Waals surface area contributed by atoms with Crippen molar-refractivity contribution in [3.05, 3.63) is 77.2 Å². The number of benzene rings is 2. The molecule has 1 aromatic heterocycles. The van der Waals surface area contributed by atoms with Gasteiger partial charge in [-0.05, 0) is 36.8 Å². The molecule has 35 heavy (non-hydrogen) atoms. The zero-order chi connectivity index (χ0) is 24.7. The predicted octanol–water partition coefficient (Wildman–Crippen LogP) is 4.95. The second kappa shape index (κ2) is 8.90. The Balaban J connectivity index is 1.37. The number of aryl methyl sites for hydroxylation is 1. The maximum absolute atomic E-state index is 14.0. The number of hydrogen-bond donors (Lipinski definition) is 1. The van der Waals surface area contributed by atoms with E-state index in [1.54, 1.807) is 17.0 Å². The summed E-state index contributed by atoms with van der Waals surface area (Å²) in [6.45, 7) is 3.77. The third-order valence-corrected chi connectivity index (χ3v) is 6.71. The highest BCUT2D eigenvalue weighted by Gasteiger charge is 2.47. The molecule has 2 aliphatic heterocycles. The molecule has 1 fully saturated rings. The van der Waals surface area contributed by atoms with Gasteiger partial charge in [-0.1, -0.05) is 29.8 Å². The van der Waals surface area contributed by atoms with Crippen LogP contribution in [0.1, 0.15) is 40.0 Å². The molecule has 2 atom stereocenters. The maximum atomic E-state index is 14.0. The van der Waals surface area contributed by atoms with Crippen LogP contribution >= 0.6 is 0 Å². The molecular formula is C25H25F4N5O. The highest BCUT2D eigenvalue weighted by molar-refractivity contribution is 5.99. The molecule has 0 unspecified atom stereocenters. The van der Waals surface area contributed by atoms with E-state index < -0.39 is 18.3 Å². The number of nitrogens with zero attached hydrogens (tertiary/aromatic N) is 4. The first kappa shape index (κ1) is 23.2. The van der Waals surface area contributed by atoms with Gasteiger partial charge in [0, 0.05) is 38.3 Å². The smallest absolute Gasteiger partial charge is 0.368 e. The molecule has 0 radical (unpaired) electrons. The van der Waals surface area contributed by atoms with Gasteiger partial charge < -0.3 is 15.1 Å². The minimum absolute atomic E-state index is 0.0927. The molecule has 0 spiro atoms. The summed E-state index contributed by atoms with van der Waals surface area (Å²) in [5, 5.41) is 7.12. The van der Waals surface area contributed by atoms with Crippen LogP contribution in [0.4, 0.5) is 29.1 Å². The molecule has 3 aromatic rings. The van der Waals surface area contributed by atoms with E-state index in [1.807, 2.05) is 36.1 Å². The zero-order valence-electron chi connectivity index (χ0n) is 19.1. The molecule has 2 aliphatic rings. The summed E-state index contributed by atoms with van der Waals surface area (Å²) in [6, 6.07) is 11.1. The van der Waals surface area contributed by atoms with E-state index in [1.165, 1.54) is 18.3 Å². The molecule has 0 saturated carbocycles. The van der Waals surface area contributed by atoms with Gasteiger partial charge in [-0.3, -0.25) is 4.79 Å². The molecule has 6 nitrogen and oxygen atoms in total. The van der Waals surface area contributed by atoms with E-state index in [0.29, 0.717) is 26.2 Å². The average Bonchev–Trinajstić information content (AvgIpc) is 3.27. The zero-order valence-corrected chi connectivity index (χ0v) is 19.1. The molecule has 10 heteroatoms. The first-order chi connectivity index (χ1) is 16.7. The van der Waals surface area contributed by atoms with E-state index >= 15 is 0 Å².